The van der Waals surface area contributed by atoms with Crippen molar-refractivity contribution in [2.45, 2.75) is 32.8 Å². The second-order valence-corrected chi connectivity index (χ2v) is 11.6. The van der Waals surface area contributed by atoms with Gasteiger partial charge in [-0.2, -0.15) is 9.78 Å². The van der Waals surface area contributed by atoms with Gasteiger partial charge in [0.1, 0.15) is 12.4 Å². The van der Waals surface area contributed by atoms with Crippen LogP contribution >= 0.6 is 47.8 Å². The predicted octanol–water partition coefficient (Wildman–Crippen LogP) is 8.01. The summed E-state index contributed by atoms with van der Waals surface area (Å²) in [4.78, 5) is 18.1. The molecule has 9 heteroatoms. The highest BCUT2D eigenvalue weighted by Crippen LogP contribution is 2.35. The van der Waals surface area contributed by atoms with Crippen LogP contribution < -0.4 is 15.0 Å². The van der Waals surface area contributed by atoms with Crippen LogP contribution in [-0.2, 0) is 13.0 Å². The molecular formula is C29H26Br3N3O3. The maximum absolute atomic E-state index is 13.4. The molecule has 0 unspecified atom stereocenters. The number of rotatable bonds is 9. The van der Waals surface area contributed by atoms with Crippen molar-refractivity contribution in [1.29, 1.82) is 0 Å². The Morgan fingerprint density at radius 3 is 2.47 bits per heavy atom. The predicted molar refractivity (Wildman–Crippen MR) is 164 cm³/mol. The van der Waals surface area contributed by atoms with Gasteiger partial charge in [-0.1, -0.05) is 73.8 Å². The van der Waals surface area contributed by atoms with Gasteiger partial charge in [-0.25, -0.2) is 4.98 Å². The van der Waals surface area contributed by atoms with Crippen LogP contribution in [0.15, 0.2) is 84.5 Å². The number of hydrogen-bond acceptors (Lipinski definition) is 5. The largest absolute Gasteiger partial charge is 0.493 e. The summed E-state index contributed by atoms with van der Waals surface area (Å²) < 4.78 is 16.0. The van der Waals surface area contributed by atoms with Crippen LogP contribution in [0.1, 0.15) is 42.3 Å². The van der Waals surface area contributed by atoms with E-state index < -0.39 is 0 Å². The molecule has 4 aromatic rings. The van der Waals surface area contributed by atoms with Crippen molar-refractivity contribution in [3.05, 3.63) is 107 Å². The number of aromatic nitrogens is 2. The van der Waals surface area contributed by atoms with Gasteiger partial charge in [0.25, 0.3) is 5.56 Å². The Bertz CT molecular complexity index is 1600. The quantitative estimate of drug-likeness (QED) is 0.131. The summed E-state index contributed by atoms with van der Waals surface area (Å²) in [7, 11) is 1.60. The van der Waals surface area contributed by atoms with Gasteiger partial charge in [0.2, 0.25) is 0 Å². The second-order valence-electron chi connectivity index (χ2n) is 8.88. The third-order valence-electron chi connectivity index (χ3n) is 5.80. The monoisotopic (exact) mass is 701 g/mol. The van der Waals surface area contributed by atoms with Gasteiger partial charge in [-0.05, 0) is 54.4 Å². The van der Waals surface area contributed by atoms with Crippen molar-refractivity contribution in [2.24, 2.45) is 5.10 Å². The third kappa shape index (κ3) is 6.27. The topological polar surface area (TPSA) is 65.7 Å². The van der Waals surface area contributed by atoms with Crippen molar-refractivity contribution in [1.82, 2.24) is 9.66 Å². The van der Waals surface area contributed by atoms with Crippen LogP contribution in [0, 0.1) is 0 Å². The molecule has 3 aromatic carbocycles. The molecule has 1 aromatic heterocycles. The van der Waals surface area contributed by atoms with Crippen molar-refractivity contribution in [3.8, 4) is 11.5 Å². The van der Waals surface area contributed by atoms with E-state index in [0.29, 0.717) is 41.3 Å². The van der Waals surface area contributed by atoms with E-state index >= 15 is 0 Å². The Morgan fingerprint density at radius 2 is 1.79 bits per heavy atom. The number of fused-ring (bicyclic) bond motifs is 1. The van der Waals surface area contributed by atoms with Gasteiger partial charge in [0.15, 0.2) is 11.5 Å². The van der Waals surface area contributed by atoms with E-state index in [1.165, 1.54) is 4.68 Å². The van der Waals surface area contributed by atoms with E-state index in [2.05, 4.69) is 59.5 Å². The minimum absolute atomic E-state index is 0.00697. The van der Waals surface area contributed by atoms with E-state index in [4.69, 9.17) is 14.5 Å². The molecule has 0 saturated heterocycles. The lowest BCUT2D eigenvalue weighted by molar-refractivity contribution is 0.281. The summed E-state index contributed by atoms with van der Waals surface area (Å²) in [5, 5.41) is 5.06. The Hall–Kier alpha value is -2.75. The van der Waals surface area contributed by atoms with Gasteiger partial charge in [0.05, 0.1) is 24.2 Å². The smallest absolute Gasteiger partial charge is 0.282 e. The first-order valence-corrected chi connectivity index (χ1v) is 14.2. The summed E-state index contributed by atoms with van der Waals surface area (Å²) in [6.45, 7) is 8.22. The first kappa shape index (κ1) is 28.3. The molecule has 6 nitrogen and oxygen atoms in total. The van der Waals surface area contributed by atoms with Crippen molar-refractivity contribution in [3.63, 3.8) is 0 Å². The van der Waals surface area contributed by atoms with Crippen molar-refractivity contribution < 1.29 is 9.47 Å². The molecule has 196 valence electrons. The number of methoxy groups -OCH3 is 1. The van der Waals surface area contributed by atoms with Crippen LogP contribution in [-0.4, -0.2) is 23.0 Å². The van der Waals surface area contributed by atoms with Crippen LogP contribution in [0.2, 0.25) is 0 Å². The van der Waals surface area contributed by atoms with E-state index in [9.17, 15) is 4.79 Å². The molecule has 0 atom stereocenters. The van der Waals surface area contributed by atoms with Crippen molar-refractivity contribution >= 4 is 64.9 Å². The molecule has 0 fully saturated rings. The van der Waals surface area contributed by atoms with E-state index in [0.717, 1.165) is 30.1 Å². The molecule has 0 aliphatic heterocycles. The Kier molecular flexibility index (Phi) is 9.23. The van der Waals surface area contributed by atoms with Gasteiger partial charge in [-0.15, -0.1) is 6.58 Å². The molecule has 4 rings (SSSR count). The average Bonchev–Trinajstić information content (AvgIpc) is 2.88. The number of nitrogens with zero attached hydrogens (tertiary/aromatic N) is 3. The molecule has 0 spiro atoms. The summed E-state index contributed by atoms with van der Waals surface area (Å²) in [5.74, 6) is 1.78. The van der Waals surface area contributed by atoms with Crippen LogP contribution in [0.4, 0.5) is 0 Å². The van der Waals surface area contributed by atoms with Crippen LogP contribution in [0.25, 0.3) is 10.9 Å². The zero-order chi connectivity index (χ0) is 27.4. The fourth-order valence-corrected chi connectivity index (χ4v) is 5.47. The van der Waals surface area contributed by atoms with Crippen LogP contribution in [0.5, 0.6) is 11.5 Å². The fraction of sp³-hybridized carbons (Fsp3) is 0.207. The normalized spacial score (nSPS) is 11.4. The highest BCUT2D eigenvalue weighted by atomic mass is 79.9. The zero-order valence-corrected chi connectivity index (χ0v) is 25.9. The van der Waals surface area contributed by atoms with E-state index in [1.807, 2.05) is 62.4 Å². The minimum Gasteiger partial charge on any atom is -0.493 e. The number of hydrogen-bond donors (Lipinski definition) is 0. The average molecular weight is 704 g/mol. The fourth-order valence-electron chi connectivity index (χ4n) is 3.94. The number of allylic oxidation sites excluding steroid dienone is 1. The molecular weight excluding hydrogens is 678 g/mol. The molecule has 38 heavy (non-hydrogen) atoms. The molecule has 0 radical (unpaired) electrons. The highest BCUT2D eigenvalue weighted by Gasteiger charge is 2.16. The molecule has 1 heterocycles. The Labute approximate surface area is 246 Å². The van der Waals surface area contributed by atoms with E-state index in [1.54, 1.807) is 19.4 Å². The third-order valence-corrected chi connectivity index (χ3v) is 7.52. The van der Waals surface area contributed by atoms with Crippen molar-refractivity contribution in [2.75, 3.05) is 7.11 Å². The molecule has 0 bridgehead atoms. The summed E-state index contributed by atoms with van der Waals surface area (Å²) in [6, 6.07) is 15.2. The standard InChI is InChI=1S/C29H26Br3N3O3/c1-5-6-19-11-18(12-26(37-4)27(19)38-16-20-7-8-22(31)14-24(20)32)15-33-35-28(17(2)3)34-25-10-9-21(30)13-23(25)29(35)36/h5,7-15,17H,1,6,16H2,2-4H3. The zero-order valence-electron chi connectivity index (χ0n) is 21.2. The Morgan fingerprint density at radius 1 is 1.05 bits per heavy atom. The van der Waals surface area contributed by atoms with Gasteiger partial charge in [0, 0.05) is 30.5 Å². The number of ether oxygens (including phenoxy) is 2. The van der Waals surface area contributed by atoms with Gasteiger partial charge in [-0.3, -0.25) is 4.79 Å². The van der Waals surface area contributed by atoms with Gasteiger partial charge >= 0.3 is 0 Å². The lowest BCUT2D eigenvalue weighted by Gasteiger charge is -2.16. The number of benzene rings is 3. The first-order valence-electron chi connectivity index (χ1n) is 11.9. The first-order chi connectivity index (χ1) is 18.2. The maximum Gasteiger partial charge on any atom is 0.282 e. The lowest BCUT2D eigenvalue weighted by Crippen LogP contribution is -2.23. The van der Waals surface area contributed by atoms with E-state index in [-0.39, 0.29) is 11.5 Å². The minimum atomic E-state index is -0.227. The lowest BCUT2D eigenvalue weighted by atomic mass is 10.1. The second kappa shape index (κ2) is 12.4. The molecule has 0 N–H and O–H groups in total. The van der Waals surface area contributed by atoms with Crippen LogP contribution in [0.3, 0.4) is 0 Å². The summed E-state index contributed by atoms with van der Waals surface area (Å²) in [6.07, 6.45) is 4.02. The van der Waals surface area contributed by atoms with Gasteiger partial charge < -0.3 is 9.47 Å². The molecule has 0 saturated carbocycles. The maximum atomic E-state index is 13.4. The summed E-state index contributed by atoms with van der Waals surface area (Å²) in [5.41, 5.74) is 3.07. The highest BCUT2D eigenvalue weighted by molar-refractivity contribution is 9.11. The molecule has 0 aliphatic rings. The summed E-state index contributed by atoms with van der Waals surface area (Å²) >= 11 is 10.5. The number of halogens is 3. The molecule has 0 aliphatic carbocycles. The Balaban J connectivity index is 1.74. The molecule has 0 amide bonds. The SMILES string of the molecule is C=CCc1cc(C=Nn2c(C(C)C)nc3ccc(Br)cc3c2=O)cc(OC)c1OCc1ccc(Br)cc1Br.